The second-order valence-electron chi connectivity index (χ2n) is 4.15. The van der Waals surface area contributed by atoms with Crippen LogP contribution in [0, 0.1) is 6.01 Å². The van der Waals surface area contributed by atoms with E-state index in [-0.39, 0.29) is 5.41 Å². The zero-order valence-corrected chi connectivity index (χ0v) is 8.26. The van der Waals surface area contributed by atoms with Crippen molar-refractivity contribution in [3.63, 3.8) is 0 Å². The summed E-state index contributed by atoms with van der Waals surface area (Å²) in [6.07, 6.45) is 5.64. The van der Waals surface area contributed by atoms with E-state index in [2.05, 4.69) is 0 Å². The summed E-state index contributed by atoms with van der Waals surface area (Å²) in [6.45, 7) is 0.556. The Balaban J connectivity index is 2.26. The monoisotopic (exact) mass is 197 g/mol. The fourth-order valence-electron chi connectivity index (χ4n) is 2.38. The topological polar surface area (TPSA) is 39.2 Å². The van der Waals surface area contributed by atoms with Crippen LogP contribution in [0.2, 0.25) is 0 Å². The van der Waals surface area contributed by atoms with E-state index < -0.39 is 6.01 Å². The zero-order valence-electron chi connectivity index (χ0n) is 8.26. The Bertz CT molecular complexity index is 302. The maximum Gasteiger partial charge on any atom is 0.277 e. The second kappa shape index (κ2) is 3.73. The summed E-state index contributed by atoms with van der Waals surface area (Å²) in [5.74, 6) is 0.734. The largest absolute Gasteiger partial charge is 0.436 e. The van der Waals surface area contributed by atoms with Crippen LogP contribution in [-0.2, 0) is 5.41 Å². The van der Waals surface area contributed by atoms with E-state index in [1.807, 2.05) is 0 Å². The molecule has 1 aliphatic carbocycles. The van der Waals surface area contributed by atoms with Gasteiger partial charge in [0.2, 0.25) is 0 Å². The zero-order chi connectivity index (χ0) is 10.0. The van der Waals surface area contributed by atoms with Crippen LogP contribution in [0.5, 0.6) is 0 Å². The molecule has 0 aromatic carbocycles. The molecule has 0 unspecified atom stereocenters. The van der Waals surface area contributed by atoms with Crippen LogP contribution < -0.4 is 5.73 Å². The first-order valence-electron chi connectivity index (χ1n) is 5.23. The lowest BCUT2D eigenvalue weighted by Crippen LogP contribution is -2.36. The summed E-state index contributed by atoms with van der Waals surface area (Å²) < 4.78 is 17.9. The minimum Gasteiger partial charge on any atom is -0.436 e. The summed E-state index contributed by atoms with van der Waals surface area (Å²) in [5.41, 5.74) is 5.70. The van der Waals surface area contributed by atoms with Gasteiger partial charge in [0, 0.05) is 18.0 Å². The Morgan fingerprint density at radius 1 is 1.29 bits per heavy atom. The van der Waals surface area contributed by atoms with Crippen molar-refractivity contribution in [2.24, 2.45) is 5.73 Å². The molecule has 0 bridgehead atoms. The summed E-state index contributed by atoms with van der Waals surface area (Å²) in [6, 6.07) is 2.60. The summed E-state index contributed by atoms with van der Waals surface area (Å²) >= 11 is 0. The van der Waals surface area contributed by atoms with Gasteiger partial charge in [-0.2, -0.15) is 4.39 Å². The molecule has 1 aromatic rings. The summed E-state index contributed by atoms with van der Waals surface area (Å²) in [7, 11) is 0. The lowest BCUT2D eigenvalue weighted by Gasteiger charge is -2.34. The van der Waals surface area contributed by atoms with Crippen LogP contribution >= 0.6 is 0 Å². The highest BCUT2D eigenvalue weighted by atomic mass is 19.1. The van der Waals surface area contributed by atoms with Crippen molar-refractivity contribution in [2.45, 2.75) is 37.5 Å². The average Bonchev–Trinajstić information content (AvgIpc) is 2.66. The van der Waals surface area contributed by atoms with Gasteiger partial charge in [-0.05, 0) is 18.9 Å². The SMILES string of the molecule is NCC1(c2ccc(F)o2)CCCCC1. The maximum atomic E-state index is 12.8. The Morgan fingerprint density at radius 3 is 2.50 bits per heavy atom. The van der Waals surface area contributed by atoms with Crippen molar-refractivity contribution in [2.75, 3.05) is 6.54 Å². The van der Waals surface area contributed by atoms with E-state index in [9.17, 15) is 4.39 Å². The van der Waals surface area contributed by atoms with Gasteiger partial charge in [0.25, 0.3) is 6.01 Å². The van der Waals surface area contributed by atoms with Crippen molar-refractivity contribution in [3.05, 3.63) is 23.9 Å². The molecule has 1 fully saturated rings. The lowest BCUT2D eigenvalue weighted by atomic mass is 9.72. The molecule has 0 saturated heterocycles. The third kappa shape index (κ3) is 1.57. The molecule has 0 aliphatic heterocycles. The summed E-state index contributed by atoms with van der Waals surface area (Å²) in [5, 5.41) is 0. The van der Waals surface area contributed by atoms with Gasteiger partial charge in [0.05, 0.1) is 0 Å². The molecule has 0 radical (unpaired) electrons. The molecule has 2 rings (SSSR count). The number of nitrogens with two attached hydrogens (primary N) is 1. The smallest absolute Gasteiger partial charge is 0.277 e. The Morgan fingerprint density at radius 2 is 2.00 bits per heavy atom. The highest BCUT2D eigenvalue weighted by molar-refractivity contribution is 5.16. The molecule has 0 spiro atoms. The molecule has 14 heavy (non-hydrogen) atoms. The fourth-order valence-corrected chi connectivity index (χ4v) is 2.38. The van der Waals surface area contributed by atoms with Gasteiger partial charge >= 0.3 is 0 Å². The van der Waals surface area contributed by atoms with Gasteiger partial charge < -0.3 is 10.2 Å². The van der Waals surface area contributed by atoms with E-state index in [0.717, 1.165) is 18.6 Å². The number of furan rings is 1. The van der Waals surface area contributed by atoms with Crippen molar-refractivity contribution >= 4 is 0 Å². The van der Waals surface area contributed by atoms with Gasteiger partial charge in [0.1, 0.15) is 5.76 Å². The second-order valence-corrected chi connectivity index (χ2v) is 4.15. The minimum atomic E-state index is -0.501. The predicted molar refractivity (Wildman–Crippen MR) is 52.5 cm³/mol. The number of hydrogen-bond acceptors (Lipinski definition) is 2. The first kappa shape index (κ1) is 9.71. The molecular formula is C11H16FNO. The molecule has 2 nitrogen and oxygen atoms in total. The van der Waals surface area contributed by atoms with Crippen LogP contribution in [0.3, 0.4) is 0 Å². The molecule has 2 N–H and O–H groups in total. The molecular weight excluding hydrogens is 181 g/mol. The van der Waals surface area contributed by atoms with E-state index in [4.69, 9.17) is 10.2 Å². The van der Waals surface area contributed by atoms with Crippen LogP contribution in [-0.4, -0.2) is 6.54 Å². The predicted octanol–water partition coefficient (Wildman–Crippen LogP) is 2.58. The Labute approximate surface area is 83.3 Å². The van der Waals surface area contributed by atoms with Crippen LogP contribution in [0.4, 0.5) is 4.39 Å². The van der Waals surface area contributed by atoms with E-state index in [1.54, 1.807) is 6.07 Å². The van der Waals surface area contributed by atoms with Gasteiger partial charge in [-0.15, -0.1) is 0 Å². The third-order valence-electron chi connectivity index (χ3n) is 3.30. The lowest BCUT2D eigenvalue weighted by molar-refractivity contribution is 0.224. The van der Waals surface area contributed by atoms with E-state index in [0.29, 0.717) is 6.54 Å². The molecule has 1 saturated carbocycles. The van der Waals surface area contributed by atoms with Crippen LogP contribution in [0.15, 0.2) is 16.5 Å². The molecule has 3 heteroatoms. The van der Waals surface area contributed by atoms with E-state index >= 15 is 0 Å². The number of rotatable bonds is 2. The highest BCUT2D eigenvalue weighted by Crippen LogP contribution is 2.39. The quantitative estimate of drug-likeness (QED) is 0.791. The van der Waals surface area contributed by atoms with Crippen LogP contribution in [0.25, 0.3) is 0 Å². The van der Waals surface area contributed by atoms with Gasteiger partial charge in [-0.25, -0.2) is 0 Å². The first-order valence-corrected chi connectivity index (χ1v) is 5.23. The highest BCUT2D eigenvalue weighted by Gasteiger charge is 2.35. The van der Waals surface area contributed by atoms with Crippen molar-refractivity contribution < 1.29 is 8.81 Å². The molecule has 1 heterocycles. The molecule has 78 valence electrons. The maximum absolute atomic E-state index is 12.8. The normalized spacial score (nSPS) is 21.0. The molecule has 0 amide bonds. The van der Waals surface area contributed by atoms with Crippen LogP contribution in [0.1, 0.15) is 37.9 Å². The number of halogens is 1. The average molecular weight is 197 g/mol. The molecule has 0 atom stereocenters. The minimum absolute atomic E-state index is 0.0947. The summed E-state index contributed by atoms with van der Waals surface area (Å²) in [4.78, 5) is 0. The van der Waals surface area contributed by atoms with Gasteiger partial charge in [-0.1, -0.05) is 19.3 Å². The molecule has 1 aromatic heterocycles. The Kier molecular flexibility index (Phi) is 2.59. The van der Waals surface area contributed by atoms with Gasteiger partial charge in [0.15, 0.2) is 0 Å². The van der Waals surface area contributed by atoms with Crippen molar-refractivity contribution in [3.8, 4) is 0 Å². The standard InChI is InChI=1S/C11H16FNO/c12-10-5-4-9(14-10)11(8-13)6-2-1-3-7-11/h4-5H,1-3,6-8,13H2. The van der Waals surface area contributed by atoms with Crippen molar-refractivity contribution in [1.29, 1.82) is 0 Å². The van der Waals surface area contributed by atoms with E-state index in [1.165, 1.54) is 25.3 Å². The first-order chi connectivity index (χ1) is 6.77. The fraction of sp³-hybridized carbons (Fsp3) is 0.636. The van der Waals surface area contributed by atoms with Gasteiger partial charge in [-0.3, -0.25) is 0 Å². The number of hydrogen-bond donors (Lipinski definition) is 1. The molecule has 1 aliphatic rings. The van der Waals surface area contributed by atoms with Crippen molar-refractivity contribution in [1.82, 2.24) is 0 Å². The third-order valence-corrected chi connectivity index (χ3v) is 3.30. The Hall–Kier alpha value is -0.830.